The molecule has 0 radical (unpaired) electrons. The van der Waals surface area contributed by atoms with Crippen LogP contribution in [0.25, 0.3) is 0 Å². The van der Waals surface area contributed by atoms with Gasteiger partial charge in [0.05, 0.1) is 0 Å². The molecule has 0 aliphatic carbocycles. The van der Waals surface area contributed by atoms with Crippen LogP contribution >= 0.6 is 0 Å². The van der Waals surface area contributed by atoms with Gasteiger partial charge in [0.25, 0.3) is 0 Å². The lowest BCUT2D eigenvalue weighted by Gasteiger charge is -2.16. The quantitative estimate of drug-likeness (QED) is 0.356. The van der Waals surface area contributed by atoms with Gasteiger partial charge in [-0.1, -0.05) is 0 Å². The zero-order chi connectivity index (χ0) is 12.6. The minimum Gasteiger partial charge on any atom is -0.386 e. The molecular weight excluding hydrogens is 232 g/mol. The minimum absolute atomic E-state index is 0.0381. The minimum atomic E-state index is -1.37. The van der Waals surface area contributed by atoms with E-state index in [4.69, 9.17) is 15.7 Å². The molecule has 1 aliphatic heterocycles. The molecule has 1 fully saturated rings. The second-order valence-electron chi connectivity index (χ2n) is 3.60. The maximum Gasteiger partial charge on any atom is 0.351 e. The zero-order valence-corrected chi connectivity index (χ0v) is 8.59. The zero-order valence-electron chi connectivity index (χ0n) is 8.59. The number of aliphatic hydroxyl groups is 2. The first-order valence-electron chi connectivity index (χ1n) is 4.80. The van der Waals surface area contributed by atoms with Crippen LogP contribution in [-0.4, -0.2) is 43.4 Å². The topological polar surface area (TPSA) is 143 Å². The molecule has 94 valence electrons. The summed E-state index contributed by atoms with van der Waals surface area (Å²) in [5.41, 5.74) is 6.27. The molecule has 2 rings (SSSR count). The molecule has 9 nitrogen and oxygen atoms in total. The van der Waals surface area contributed by atoms with Crippen LogP contribution in [0.2, 0.25) is 0 Å². The maximum absolute atomic E-state index is 11.5. The van der Waals surface area contributed by atoms with Gasteiger partial charge in [0.1, 0.15) is 18.0 Å². The third-order valence-corrected chi connectivity index (χ3v) is 2.49. The molecule has 4 atom stereocenters. The van der Waals surface area contributed by atoms with Gasteiger partial charge in [-0.3, -0.25) is 4.57 Å². The summed E-state index contributed by atoms with van der Waals surface area (Å²) in [6.45, 7) is 0. The first kappa shape index (κ1) is 12.0. The van der Waals surface area contributed by atoms with Crippen molar-refractivity contribution in [1.29, 1.82) is 0 Å². The second-order valence-corrected chi connectivity index (χ2v) is 3.60. The molecule has 17 heavy (non-hydrogen) atoms. The Hall–Kier alpha value is -1.52. The smallest absolute Gasteiger partial charge is 0.351 e. The van der Waals surface area contributed by atoms with E-state index >= 15 is 0 Å². The van der Waals surface area contributed by atoms with Crippen molar-refractivity contribution < 1.29 is 20.2 Å². The van der Waals surface area contributed by atoms with Crippen LogP contribution in [0.3, 0.4) is 0 Å². The van der Waals surface area contributed by atoms with Gasteiger partial charge in [-0.25, -0.2) is 4.79 Å². The molecule has 0 spiro atoms. The number of nitrogen functional groups attached to an aromatic ring is 1. The summed E-state index contributed by atoms with van der Waals surface area (Å²) >= 11 is 0. The lowest BCUT2D eigenvalue weighted by Crippen LogP contribution is -2.39. The van der Waals surface area contributed by atoms with Crippen molar-refractivity contribution in [3.8, 4) is 0 Å². The van der Waals surface area contributed by atoms with Crippen molar-refractivity contribution in [3.63, 3.8) is 0 Å². The summed E-state index contributed by atoms with van der Waals surface area (Å²) in [5, 5.41) is 27.8. The summed E-state index contributed by atoms with van der Waals surface area (Å²) in [4.78, 5) is 14.9. The van der Waals surface area contributed by atoms with Gasteiger partial charge in [-0.15, -0.1) is 0 Å². The number of nitrogens with zero attached hydrogens (tertiary/aromatic N) is 2. The van der Waals surface area contributed by atoms with E-state index in [1.54, 1.807) is 5.48 Å². The summed E-state index contributed by atoms with van der Waals surface area (Å²) in [5.74, 6) is 0.0381. The van der Waals surface area contributed by atoms with E-state index in [1.807, 2.05) is 0 Å². The number of hydrogen-bond acceptors (Lipinski definition) is 8. The van der Waals surface area contributed by atoms with E-state index in [9.17, 15) is 15.0 Å². The van der Waals surface area contributed by atoms with Gasteiger partial charge >= 0.3 is 5.69 Å². The Morgan fingerprint density at radius 1 is 1.47 bits per heavy atom. The second kappa shape index (κ2) is 4.39. The molecule has 1 saturated heterocycles. The summed E-state index contributed by atoms with van der Waals surface area (Å²) < 4.78 is 6.04. The number of aliphatic hydroxyl groups excluding tert-OH is 2. The van der Waals surface area contributed by atoms with Gasteiger partial charge in [0.2, 0.25) is 0 Å². The number of aromatic nitrogens is 2. The van der Waals surface area contributed by atoms with Crippen LogP contribution in [0.4, 0.5) is 5.82 Å². The molecule has 1 aliphatic rings. The summed E-state index contributed by atoms with van der Waals surface area (Å²) in [6, 6.07) is 1.35. The Kier molecular flexibility index (Phi) is 3.09. The standard InChI is InChI=1S/C8H12N4O5/c9-3-1-2-12(8(15)10-3)7-5(14)4(13)6(11-16)17-7/h1-2,4-7,11,13-14,16H,(H2,9,10,15). The Bertz CT molecular complexity index is 463. The lowest BCUT2D eigenvalue weighted by atomic mass is 10.2. The molecule has 0 amide bonds. The Morgan fingerprint density at radius 3 is 2.71 bits per heavy atom. The maximum atomic E-state index is 11.5. The van der Waals surface area contributed by atoms with Crippen LogP contribution in [0.1, 0.15) is 6.23 Å². The third-order valence-electron chi connectivity index (χ3n) is 2.49. The van der Waals surface area contributed by atoms with Crippen molar-refractivity contribution in [2.75, 3.05) is 5.73 Å². The molecule has 1 aromatic rings. The Morgan fingerprint density at radius 2 is 2.18 bits per heavy atom. The average Bonchev–Trinajstić information content (AvgIpc) is 2.57. The number of nitrogens with one attached hydrogen (secondary N) is 1. The van der Waals surface area contributed by atoms with Gasteiger partial charge < -0.3 is 25.9 Å². The van der Waals surface area contributed by atoms with Gasteiger partial charge in [-0.2, -0.15) is 10.5 Å². The van der Waals surface area contributed by atoms with Gasteiger partial charge in [-0.05, 0) is 6.07 Å². The predicted octanol–water partition coefficient (Wildman–Crippen LogP) is -2.62. The average molecular weight is 244 g/mol. The van der Waals surface area contributed by atoms with Crippen LogP contribution < -0.4 is 16.9 Å². The largest absolute Gasteiger partial charge is 0.386 e. The first-order valence-corrected chi connectivity index (χ1v) is 4.80. The van der Waals surface area contributed by atoms with E-state index in [1.165, 1.54) is 12.3 Å². The monoisotopic (exact) mass is 244 g/mol. The van der Waals surface area contributed by atoms with E-state index < -0.39 is 30.4 Å². The van der Waals surface area contributed by atoms with E-state index in [-0.39, 0.29) is 5.82 Å². The number of anilines is 1. The van der Waals surface area contributed by atoms with Gasteiger partial charge in [0, 0.05) is 6.20 Å². The van der Waals surface area contributed by atoms with Crippen molar-refractivity contribution >= 4 is 5.82 Å². The predicted molar refractivity (Wildman–Crippen MR) is 53.8 cm³/mol. The molecular formula is C8H12N4O5. The fourth-order valence-corrected chi connectivity index (χ4v) is 1.62. The number of rotatable bonds is 2. The Labute approximate surface area is 95.0 Å². The highest BCUT2D eigenvalue weighted by atomic mass is 16.6. The van der Waals surface area contributed by atoms with Crippen LogP contribution in [-0.2, 0) is 4.74 Å². The number of nitrogens with two attached hydrogens (primary N) is 1. The van der Waals surface area contributed by atoms with E-state index in [2.05, 4.69) is 4.98 Å². The molecule has 6 N–H and O–H groups in total. The SMILES string of the molecule is Nc1ccn(C2OC(NO)C(O)C2O)c(=O)n1. The fraction of sp³-hybridized carbons (Fsp3) is 0.500. The van der Waals surface area contributed by atoms with Crippen molar-refractivity contribution in [1.82, 2.24) is 15.0 Å². The van der Waals surface area contributed by atoms with Crippen LogP contribution in [0, 0.1) is 0 Å². The Balaban J connectivity index is 2.32. The highest BCUT2D eigenvalue weighted by molar-refractivity contribution is 5.23. The van der Waals surface area contributed by atoms with E-state index in [0.717, 1.165) is 4.57 Å². The summed E-state index contributed by atoms with van der Waals surface area (Å²) in [7, 11) is 0. The van der Waals surface area contributed by atoms with Crippen molar-refractivity contribution in [2.24, 2.45) is 0 Å². The van der Waals surface area contributed by atoms with E-state index in [0.29, 0.717) is 0 Å². The molecule has 1 aromatic heterocycles. The third kappa shape index (κ3) is 2.01. The molecule has 4 unspecified atom stereocenters. The van der Waals surface area contributed by atoms with Crippen molar-refractivity contribution in [3.05, 3.63) is 22.7 Å². The normalized spacial score (nSPS) is 32.9. The molecule has 0 bridgehead atoms. The van der Waals surface area contributed by atoms with Crippen LogP contribution in [0.15, 0.2) is 17.1 Å². The van der Waals surface area contributed by atoms with Gasteiger partial charge in [0.15, 0.2) is 12.5 Å². The fourth-order valence-electron chi connectivity index (χ4n) is 1.62. The van der Waals surface area contributed by atoms with Crippen LogP contribution in [0.5, 0.6) is 0 Å². The molecule has 0 saturated carbocycles. The number of hydroxylamine groups is 1. The molecule has 9 heteroatoms. The number of ether oxygens (including phenoxy) is 1. The lowest BCUT2D eigenvalue weighted by molar-refractivity contribution is -0.0973. The highest BCUT2D eigenvalue weighted by Crippen LogP contribution is 2.26. The highest BCUT2D eigenvalue weighted by Gasteiger charge is 2.44. The summed E-state index contributed by atoms with van der Waals surface area (Å²) in [6.07, 6.45) is -3.78. The van der Waals surface area contributed by atoms with Crippen molar-refractivity contribution in [2.45, 2.75) is 24.7 Å². The molecule has 2 heterocycles. The first-order chi connectivity index (χ1) is 8.04. The molecule has 0 aromatic carbocycles. The number of hydrogen-bond donors (Lipinski definition) is 5.